The lowest BCUT2D eigenvalue weighted by molar-refractivity contribution is -0.144. The summed E-state index contributed by atoms with van der Waals surface area (Å²) in [4.78, 5) is 16.2. The van der Waals surface area contributed by atoms with Crippen LogP contribution < -0.4 is 4.74 Å². The highest BCUT2D eigenvalue weighted by Gasteiger charge is 2.34. The van der Waals surface area contributed by atoms with Crippen LogP contribution in [0.1, 0.15) is 24.4 Å². The molecule has 2 saturated heterocycles. The highest BCUT2D eigenvalue weighted by atomic mass is 19.1. The standard InChI is InChI=1S/C18H25FN2O4/c1-24-16-3-2-13(19)12-15(16)17(18(22)23)21-8-6-20(7-9-21)14-4-10-25-11-5-14/h2-3,12,14,17H,4-11H2,1H3,(H,22,23). The molecule has 2 aliphatic rings. The van der Waals surface area contributed by atoms with Gasteiger partial charge in [0.15, 0.2) is 0 Å². The zero-order chi connectivity index (χ0) is 17.8. The number of aliphatic carboxylic acids is 1. The average Bonchev–Trinajstić information content (AvgIpc) is 2.63. The van der Waals surface area contributed by atoms with Crippen LogP contribution in [0, 0.1) is 5.82 Å². The Kier molecular flexibility index (Phi) is 5.88. The molecule has 1 unspecified atom stereocenters. The first-order valence-corrected chi connectivity index (χ1v) is 8.72. The molecule has 0 bridgehead atoms. The molecule has 0 amide bonds. The van der Waals surface area contributed by atoms with E-state index in [4.69, 9.17) is 9.47 Å². The SMILES string of the molecule is COc1ccc(F)cc1C(C(=O)O)N1CCN(C2CCOCC2)CC1. The minimum Gasteiger partial charge on any atom is -0.496 e. The van der Waals surface area contributed by atoms with Crippen molar-refractivity contribution in [1.82, 2.24) is 9.80 Å². The van der Waals surface area contributed by atoms with Crippen molar-refractivity contribution in [2.24, 2.45) is 0 Å². The molecule has 0 aliphatic carbocycles. The number of benzene rings is 1. The number of hydrogen-bond donors (Lipinski definition) is 1. The Labute approximate surface area is 147 Å². The average molecular weight is 352 g/mol. The van der Waals surface area contributed by atoms with Gasteiger partial charge in [0.05, 0.1) is 7.11 Å². The van der Waals surface area contributed by atoms with Crippen LogP contribution in [0.4, 0.5) is 4.39 Å². The molecule has 3 rings (SSSR count). The summed E-state index contributed by atoms with van der Waals surface area (Å²) in [5, 5.41) is 9.75. The number of rotatable bonds is 5. The quantitative estimate of drug-likeness (QED) is 0.871. The molecule has 1 N–H and O–H groups in total. The molecule has 138 valence electrons. The molecule has 1 atom stereocenters. The van der Waals surface area contributed by atoms with Gasteiger partial charge < -0.3 is 14.6 Å². The molecule has 2 aliphatic heterocycles. The summed E-state index contributed by atoms with van der Waals surface area (Å²) < 4.78 is 24.4. The van der Waals surface area contributed by atoms with E-state index < -0.39 is 17.8 Å². The number of carbonyl (C=O) groups is 1. The molecule has 0 radical (unpaired) electrons. The smallest absolute Gasteiger partial charge is 0.325 e. The van der Waals surface area contributed by atoms with Gasteiger partial charge in [0.1, 0.15) is 17.6 Å². The second-order valence-electron chi connectivity index (χ2n) is 6.54. The van der Waals surface area contributed by atoms with E-state index in [1.165, 1.54) is 25.3 Å². The van der Waals surface area contributed by atoms with Gasteiger partial charge in [-0.2, -0.15) is 0 Å². The third-order valence-corrected chi connectivity index (χ3v) is 5.14. The summed E-state index contributed by atoms with van der Waals surface area (Å²) in [7, 11) is 1.47. The minimum atomic E-state index is -0.983. The van der Waals surface area contributed by atoms with Gasteiger partial charge in [0.2, 0.25) is 0 Å². The van der Waals surface area contributed by atoms with Crippen LogP contribution in [0.5, 0.6) is 5.75 Å². The zero-order valence-electron chi connectivity index (χ0n) is 14.5. The summed E-state index contributed by atoms with van der Waals surface area (Å²) >= 11 is 0. The molecule has 0 saturated carbocycles. The van der Waals surface area contributed by atoms with Gasteiger partial charge in [0.25, 0.3) is 0 Å². The van der Waals surface area contributed by atoms with Gasteiger partial charge in [-0.05, 0) is 31.0 Å². The van der Waals surface area contributed by atoms with E-state index in [0.717, 1.165) is 39.1 Å². The zero-order valence-corrected chi connectivity index (χ0v) is 14.5. The van der Waals surface area contributed by atoms with Crippen molar-refractivity contribution in [3.63, 3.8) is 0 Å². The van der Waals surface area contributed by atoms with Crippen LogP contribution in [0.2, 0.25) is 0 Å². The van der Waals surface area contributed by atoms with Crippen molar-refractivity contribution in [2.75, 3.05) is 46.5 Å². The van der Waals surface area contributed by atoms with E-state index in [9.17, 15) is 14.3 Å². The number of methoxy groups -OCH3 is 1. The van der Waals surface area contributed by atoms with Crippen molar-refractivity contribution in [3.8, 4) is 5.75 Å². The van der Waals surface area contributed by atoms with Gasteiger partial charge in [-0.3, -0.25) is 14.6 Å². The fourth-order valence-corrected chi connectivity index (χ4v) is 3.82. The largest absolute Gasteiger partial charge is 0.496 e. The Balaban J connectivity index is 1.72. The number of halogens is 1. The molecule has 0 aromatic heterocycles. The molecule has 6 nitrogen and oxygen atoms in total. The van der Waals surface area contributed by atoms with E-state index >= 15 is 0 Å². The van der Waals surface area contributed by atoms with Crippen molar-refractivity contribution < 1.29 is 23.8 Å². The fourth-order valence-electron chi connectivity index (χ4n) is 3.82. The van der Waals surface area contributed by atoms with Gasteiger partial charge in [-0.25, -0.2) is 4.39 Å². The van der Waals surface area contributed by atoms with Crippen molar-refractivity contribution in [1.29, 1.82) is 0 Å². The van der Waals surface area contributed by atoms with Gasteiger partial charge >= 0.3 is 5.97 Å². The molecule has 2 fully saturated rings. The van der Waals surface area contributed by atoms with E-state index in [2.05, 4.69) is 4.90 Å². The fraction of sp³-hybridized carbons (Fsp3) is 0.611. The van der Waals surface area contributed by atoms with Gasteiger partial charge in [-0.15, -0.1) is 0 Å². The van der Waals surface area contributed by atoms with E-state index in [1.54, 1.807) is 0 Å². The van der Waals surface area contributed by atoms with Crippen molar-refractivity contribution in [2.45, 2.75) is 24.9 Å². The summed E-state index contributed by atoms with van der Waals surface area (Å²) in [6, 6.07) is 3.65. The predicted octanol–water partition coefficient (Wildman–Crippen LogP) is 1.76. The Hall–Kier alpha value is -1.70. The van der Waals surface area contributed by atoms with Crippen LogP contribution in [-0.2, 0) is 9.53 Å². The maximum atomic E-state index is 13.7. The highest BCUT2D eigenvalue weighted by molar-refractivity contribution is 5.76. The molecule has 1 aromatic rings. The Morgan fingerprint density at radius 1 is 1.28 bits per heavy atom. The lowest BCUT2D eigenvalue weighted by Gasteiger charge is -2.42. The number of carboxylic acids is 1. The van der Waals surface area contributed by atoms with Crippen LogP contribution in [0.3, 0.4) is 0 Å². The minimum absolute atomic E-state index is 0.370. The molecule has 25 heavy (non-hydrogen) atoms. The lowest BCUT2D eigenvalue weighted by atomic mass is 10.0. The monoisotopic (exact) mass is 352 g/mol. The first-order valence-electron chi connectivity index (χ1n) is 8.72. The number of ether oxygens (including phenoxy) is 2. The third kappa shape index (κ3) is 4.11. The molecule has 2 heterocycles. The molecular weight excluding hydrogens is 327 g/mol. The van der Waals surface area contributed by atoms with Crippen LogP contribution >= 0.6 is 0 Å². The Morgan fingerprint density at radius 2 is 1.96 bits per heavy atom. The van der Waals surface area contributed by atoms with Crippen LogP contribution in [-0.4, -0.2) is 73.4 Å². The second kappa shape index (κ2) is 8.12. The highest BCUT2D eigenvalue weighted by Crippen LogP contribution is 2.31. The molecule has 1 aromatic carbocycles. The number of piperazine rings is 1. The van der Waals surface area contributed by atoms with E-state index in [0.29, 0.717) is 30.4 Å². The first kappa shape index (κ1) is 18.1. The Bertz CT molecular complexity index is 599. The molecule has 7 heteroatoms. The van der Waals surface area contributed by atoms with Gasteiger partial charge in [-0.1, -0.05) is 0 Å². The summed E-state index contributed by atoms with van der Waals surface area (Å²) in [6.07, 6.45) is 2.06. The van der Waals surface area contributed by atoms with E-state index in [1.807, 2.05) is 4.90 Å². The first-order chi connectivity index (χ1) is 12.1. The molecule has 0 spiro atoms. The van der Waals surface area contributed by atoms with Crippen LogP contribution in [0.25, 0.3) is 0 Å². The summed E-state index contributed by atoms with van der Waals surface area (Å²) in [5.74, 6) is -1.04. The van der Waals surface area contributed by atoms with Gasteiger partial charge in [0, 0.05) is 51.0 Å². The van der Waals surface area contributed by atoms with Crippen molar-refractivity contribution in [3.05, 3.63) is 29.6 Å². The summed E-state index contributed by atoms with van der Waals surface area (Å²) in [5.41, 5.74) is 0.370. The maximum Gasteiger partial charge on any atom is 0.325 e. The Morgan fingerprint density at radius 3 is 2.56 bits per heavy atom. The van der Waals surface area contributed by atoms with Crippen LogP contribution in [0.15, 0.2) is 18.2 Å². The summed E-state index contributed by atoms with van der Waals surface area (Å²) in [6.45, 7) is 4.48. The molecular formula is C18H25FN2O4. The number of hydrogen-bond acceptors (Lipinski definition) is 5. The second-order valence-corrected chi connectivity index (χ2v) is 6.54. The lowest BCUT2D eigenvalue weighted by Crippen LogP contribution is -2.53. The third-order valence-electron chi connectivity index (χ3n) is 5.14. The number of carboxylic acid groups (broad SMARTS) is 1. The topological polar surface area (TPSA) is 62.2 Å². The normalized spacial score (nSPS) is 21.8. The predicted molar refractivity (Wildman–Crippen MR) is 90.3 cm³/mol. The number of nitrogens with zero attached hydrogens (tertiary/aromatic N) is 2. The van der Waals surface area contributed by atoms with Crippen molar-refractivity contribution >= 4 is 5.97 Å². The van der Waals surface area contributed by atoms with E-state index in [-0.39, 0.29) is 0 Å². The maximum absolute atomic E-state index is 13.7.